The summed E-state index contributed by atoms with van der Waals surface area (Å²) >= 11 is 0. The summed E-state index contributed by atoms with van der Waals surface area (Å²) in [7, 11) is 4.75. The molecule has 146 valence electrons. The molecule has 1 aromatic carbocycles. The van der Waals surface area contributed by atoms with E-state index in [0.29, 0.717) is 0 Å². The van der Waals surface area contributed by atoms with Crippen molar-refractivity contribution in [3.8, 4) is 0 Å². The van der Waals surface area contributed by atoms with Gasteiger partial charge in [0.25, 0.3) is 0 Å². The molecule has 0 amide bonds. The number of hydrogen-bond donors (Lipinski definition) is 0. The monoisotopic (exact) mass is 367 g/mol. The number of hydrogen-bond acceptors (Lipinski definition) is 0. The average molecular weight is 368 g/mol. The Morgan fingerprint density at radius 2 is 1.32 bits per heavy atom. The van der Waals surface area contributed by atoms with Crippen LogP contribution in [0.25, 0.3) is 0 Å². The minimum atomic E-state index is 0. The van der Waals surface area contributed by atoms with Crippen molar-refractivity contribution in [2.24, 2.45) is 5.92 Å². The van der Waals surface area contributed by atoms with E-state index in [-0.39, 0.29) is 12.4 Å². The van der Waals surface area contributed by atoms with Crippen LogP contribution in [-0.4, -0.2) is 25.1 Å². The van der Waals surface area contributed by atoms with E-state index in [1.54, 1.807) is 0 Å². The van der Waals surface area contributed by atoms with E-state index in [4.69, 9.17) is 0 Å². The predicted molar refractivity (Wildman–Crippen MR) is 108 cm³/mol. The van der Waals surface area contributed by atoms with E-state index in [9.17, 15) is 0 Å². The zero-order chi connectivity index (χ0) is 17.7. The second-order valence-electron chi connectivity index (χ2n) is 8.48. The van der Waals surface area contributed by atoms with Crippen LogP contribution in [0.2, 0.25) is 0 Å². The molecule has 1 aromatic rings. The molecule has 0 aliphatic heterocycles. The third-order valence-electron chi connectivity index (χ3n) is 5.06. The summed E-state index contributed by atoms with van der Waals surface area (Å²) in [6, 6.07) is 10.9. The lowest BCUT2D eigenvalue weighted by molar-refractivity contribution is -0.906. The van der Waals surface area contributed by atoms with Gasteiger partial charge in [-0.05, 0) is 6.42 Å². The summed E-state index contributed by atoms with van der Waals surface area (Å²) in [5, 5.41) is 0. The minimum absolute atomic E-state index is 0. The van der Waals surface area contributed by atoms with Crippen LogP contribution < -0.4 is 12.4 Å². The van der Waals surface area contributed by atoms with Crippen LogP contribution in [0.1, 0.15) is 83.6 Å². The van der Waals surface area contributed by atoms with Gasteiger partial charge in [-0.2, -0.15) is 0 Å². The van der Waals surface area contributed by atoms with Gasteiger partial charge in [0.15, 0.2) is 0 Å². The van der Waals surface area contributed by atoms with Gasteiger partial charge in [-0.25, -0.2) is 0 Å². The molecule has 0 aliphatic rings. The van der Waals surface area contributed by atoms with E-state index >= 15 is 0 Å². The molecule has 0 saturated carbocycles. The molecule has 0 spiro atoms. The lowest BCUT2D eigenvalue weighted by Crippen LogP contribution is -3.00. The van der Waals surface area contributed by atoms with Crippen molar-refractivity contribution >= 4 is 0 Å². The first-order chi connectivity index (χ1) is 11.5. The highest BCUT2D eigenvalue weighted by atomic mass is 35.5. The zero-order valence-corrected chi connectivity index (χ0v) is 18.0. The average Bonchev–Trinajstić information content (AvgIpc) is 2.53. The Hall–Kier alpha value is -0.530. The maximum atomic E-state index is 2.44. The van der Waals surface area contributed by atoms with Gasteiger partial charge in [0.1, 0.15) is 6.54 Å². The van der Waals surface area contributed by atoms with E-state index in [1.807, 2.05) is 0 Å². The molecule has 2 heteroatoms. The highest BCUT2D eigenvalue weighted by Crippen LogP contribution is 2.18. The van der Waals surface area contributed by atoms with Crippen molar-refractivity contribution < 1.29 is 16.9 Å². The van der Waals surface area contributed by atoms with Gasteiger partial charge < -0.3 is 16.9 Å². The van der Waals surface area contributed by atoms with Crippen molar-refractivity contribution in [1.82, 2.24) is 0 Å². The quantitative estimate of drug-likeness (QED) is 0.346. The van der Waals surface area contributed by atoms with E-state index < -0.39 is 0 Å². The summed E-state index contributed by atoms with van der Waals surface area (Å²) in [6.45, 7) is 7.16. The van der Waals surface area contributed by atoms with Crippen molar-refractivity contribution in [2.75, 3.05) is 20.6 Å². The van der Waals surface area contributed by atoms with Crippen molar-refractivity contribution in [3.63, 3.8) is 0 Å². The number of benzene rings is 1. The van der Waals surface area contributed by atoms with E-state index in [2.05, 4.69) is 58.3 Å². The van der Waals surface area contributed by atoms with Gasteiger partial charge in [0, 0.05) is 11.5 Å². The summed E-state index contributed by atoms with van der Waals surface area (Å²) in [5.74, 6) is 0.827. The molecule has 0 saturated heterocycles. The van der Waals surface area contributed by atoms with E-state index in [0.717, 1.165) is 16.9 Å². The van der Waals surface area contributed by atoms with Crippen LogP contribution in [0.5, 0.6) is 0 Å². The molecule has 0 radical (unpaired) electrons. The first-order valence-electron chi connectivity index (χ1n) is 10.4. The second kappa shape index (κ2) is 14.6. The minimum Gasteiger partial charge on any atom is -1.00 e. The molecule has 0 N–H and O–H groups in total. The molecule has 1 unspecified atom stereocenters. The Bertz CT molecular complexity index is 402. The lowest BCUT2D eigenvalue weighted by atomic mass is 10.00. The predicted octanol–water partition coefficient (Wildman–Crippen LogP) is 3.82. The van der Waals surface area contributed by atoms with Crippen LogP contribution >= 0.6 is 0 Å². The molecule has 1 nitrogen and oxygen atoms in total. The second-order valence-corrected chi connectivity index (χ2v) is 8.48. The number of rotatable bonds is 14. The standard InChI is InChI=1S/C23H42N.ClH/c1-5-6-7-8-9-10-11-12-14-17-22(2)20-24(3,4)21-23-18-15-13-16-19-23;/h13,15-16,18-19,22H,5-12,14,17,20-21H2,1-4H3;1H/q+1;/p-1. The number of unbranched alkanes of at least 4 members (excludes halogenated alkanes) is 8. The maximum absolute atomic E-state index is 2.44. The molecule has 0 aromatic heterocycles. The first kappa shape index (κ1) is 24.5. The van der Waals surface area contributed by atoms with Crippen LogP contribution in [-0.2, 0) is 6.54 Å². The largest absolute Gasteiger partial charge is 1.00 e. The molecule has 25 heavy (non-hydrogen) atoms. The van der Waals surface area contributed by atoms with Crippen LogP contribution in [0.3, 0.4) is 0 Å². The molecule has 0 heterocycles. The molecule has 1 atom stereocenters. The smallest absolute Gasteiger partial charge is 0.104 e. The first-order valence-corrected chi connectivity index (χ1v) is 10.4. The molecule has 0 bridgehead atoms. The fourth-order valence-electron chi connectivity index (χ4n) is 3.88. The fraction of sp³-hybridized carbons (Fsp3) is 0.739. The summed E-state index contributed by atoms with van der Waals surface area (Å²) in [5.41, 5.74) is 1.46. The van der Waals surface area contributed by atoms with E-state index in [1.165, 1.54) is 76.3 Å². The molecule has 1 rings (SSSR count). The molecule has 0 aliphatic carbocycles. The molecular weight excluding hydrogens is 326 g/mol. The highest BCUT2D eigenvalue weighted by molar-refractivity contribution is 5.13. The molecule has 0 fully saturated rings. The summed E-state index contributed by atoms with van der Waals surface area (Å²) in [6.07, 6.45) is 14.3. The van der Waals surface area contributed by atoms with Gasteiger partial charge in [-0.1, -0.05) is 102 Å². The maximum Gasteiger partial charge on any atom is 0.104 e. The number of halogens is 1. The zero-order valence-electron chi connectivity index (χ0n) is 17.3. The highest BCUT2D eigenvalue weighted by Gasteiger charge is 2.19. The lowest BCUT2D eigenvalue weighted by Gasteiger charge is -2.32. The van der Waals surface area contributed by atoms with Gasteiger partial charge in [0.05, 0.1) is 20.6 Å². The van der Waals surface area contributed by atoms with Gasteiger partial charge in [-0.15, -0.1) is 0 Å². The van der Waals surface area contributed by atoms with Crippen molar-refractivity contribution in [3.05, 3.63) is 35.9 Å². The third-order valence-corrected chi connectivity index (χ3v) is 5.06. The Kier molecular flexibility index (Phi) is 14.3. The van der Waals surface area contributed by atoms with Crippen molar-refractivity contribution in [1.29, 1.82) is 0 Å². The van der Waals surface area contributed by atoms with Crippen LogP contribution in [0.4, 0.5) is 0 Å². The van der Waals surface area contributed by atoms with Gasteiger partial charge in [0.2, 0.25) is 0 Å². The Morgan fingerprint density at radius 3 is 1.88 bits per heavy atom. The van der Waals surface area contributed by atoms with Crippen molar-refractivity contribution in [2.45, 2.75) is 84.6 Å². The van der Waals surface area contributed by atoms with Gasteiger partial charge >= 0.3 is 0 Å². The summed E-state index contributed by atoms with van der Waals surface area (Å²) < 4.78 is 1.10. The number of nitrogens with zero attached hydrogens (tertiary/aromatic N) is 1. The molecular formula is C23H42ClN. The van der Waals surface area contributed by atoms with Gasteiger partial charge in [-0.3, -0.25) is 0 Å². The SMILES string of the molecule is CCCCCCCCCCCC(C)C[N+](C)(C)Cc1ccccc1.[Cl-]. The third kappa shape index (κ3) is 13.3. The summed E-state index contributed by atoms with van der Waals surface area (Å²) in [4.78, 5) is 0. The van der Waals surface area contributed by atoms with Crippen LogP contribution in [0, 0.1) is 5.92 Å². The van der Waals surface area contributed by atoms with Crippen LogP contribution in [0.15, 0.2) is 30.3 Å². The number of quaternary nitrogens is 1. The topological polar surface area (TPSA) is 0 Å². The Balaban J connectivity index is 0.00000576. The fourth-order valence-corrected chi connectivity index (χ4v) is 3.88. The Morgan fingerprint density at radius 1 is 0.800 bits per heavy atom. The Labute approximate surface area is 164 Å². The normalized spacial score (nSPS) is 12.6.